The molecule has 1 aromatic heterocycles. The molecule has 1 heterocycles. The van der Waals surface area contributed by atoms with Crippen LogP contribution in [-0.2, 0) is 9.47 Å². The number of fused-ring (bicyclic) bond motifs is 1. The Kier molecular flexibility index (Phi) is 4.34. The molecule has 0 saturated heterocycles. The Morgan fingerprint density at radius 1 is 1.29 bits per heavy atom. The van der Waals surface area contributed by atoms with Crippen LogP contribution in [0.4, 0.5) is 0 Å². The lowest BCUT2D eigenvalue weighted by atomic mass is 9.86. The molecule has 0 bridgehead atoms. The van der Waals surface area contributed by atoms with Crippen molar-refractivity contribution in [1.29, 1.82) is 0 Å². The molecule has 21 heavy (non-hydrogen) atoms. The predicted molar refractivity (Wildman–Crippen MR) is 80.4 cm³/mol. The Labute approximate surface area is 124 Å². The van der Waals surface area contributed by atoms with Crippen LogP contribution in [0.1, 0.15) is 6.42 Å². The zero-order valence-electron chi connectivity index (χ0n) is 12.1. The summed E-state index contributed by atoms with van der Waals surface area (Å²) < 4.78 is 16.7. The van der Waals surface area contributed by atoms with Gasteiger partial charge in [-0.2, -0.15) is 0 Å². The minimum Gasteiger partial charge on any atom is -0.488 e. The second-order valence-electron chi connectivity index (χ2n) is 5.24. The molecule has 1 aliphatic carbocycles. The zero-order valence-corrected chi connectivity index (χ0v) is 12.1. The number of hydrogen-bond acceptors (Lipinski definition) is 5. The van der Waals surface area contributed by atoms with Crippen LogP contribution in [0.25, 0.3) is 10.9 Å². The summed E-state index contributed by atoms with van der Waals surface area (Å²) in [6.45, 7) is 1.10. The minimum absolute atomic E-state index is 0.00183. The third-order valence-corrected chi connectivity index (χ3v) is 3.76. The van der Waals surface area contributed by atoms with Crippen molar-refractivity contribution in [3.05, 3.63) is 36.5 Å². The smallest absolute Gasteiger partial charge is 0.128 e. The summed E-state index contributed by atoms with van der Waals surface area (Å²) in [5.74, 6) is 0.804. The average molecular weight is 288 g/mol. The summed E-state index contributed by atoms with van der Waals surface area (Å²) in [4.78, 5) is 4.34. The van der Waals surface area contributed by atoms with Gasteiger partial charge >= 0.3 is 0 Å². The number of aromatic nitrogens is 1. The van der Waals surface area contributed by atoms with Gasteiger partial charge < -0.3 is 19.9 Å². The zero-order chi connectivity index (χ0) is 14.7. The molecule has 3 atom stereocenters. The van der Waals surface area contributed by atoms with E-state index in [1.165, 1.54) is 0 Å². The number of pyridine rings is 1. The topological polar surface area (TPSA) is 66.6 Å². The molecule has 3 rings (SSSR count). The van der Waals surface area contributed by atoms with Gasteiger partial charge in [-0.1, -0.05) is 6.07 Å². The average Bonchev–Trinajstić information content (AvgIpc) is 2.51. The number of nitrogens with two attached hydrogens (primary N) is 1. The van der Waals surface area contributed by atoms with E-state index >= 15 is 0 Å². The van der Waals surface area contributed by atoms with E-state index in [-0.39, 0.29) is 18.2 Å². The van der Waals surface area contributed by atoms with E-state index in [2.05, 4.69) is 4.98 Å². The second kappa shape index (κ2) is 6.39. The van der Waals surface area contributed by atoms with E-state index in [0.717, 1.165) is 23.1 Å². The highest BCUT2D eigenvalue weighted by molar-refractivity contribution is 5.79. The van der Waals surface area contributed by atoms with Crippen LogP contribution in [0, 0.1) is 0 Å². The number of hydrogen-bond donors (Lipinski definition) is 1. The molecule has 2 aromatic rings. The molecule has 5 nitrogen and oxygen atoms in total. The highest BCUT2D eigenvalue weighted by Gasteiger charge is 2.41. The molecule has 0 amide bonds. The number of ether oxygens (including phenoxy) is 3. The third-order valence-electron chi connectivity index (χ3n) is 3.76. The molecule has 2 N–H and O–H groups in total. The van der Waals surface area contributed by atoms with E-state index in [9.17, 15) is 0 Å². The van der Waals surface area contributed by atoms with Gasteiger partial charge in [0, 0.05) is 37.2 Å². The first-order valence-electron chi connectivity index (χ1n) is 7.15. The largest absolute Gasteiger partial charge is 0.488 e. The molecule has 0 radical (unpaired) electrons. The van der Waals surface area contributed by atoms with E-state index in [1.54, 1.807) is 13.3 Å². The lowest BCUT2D eigenvalue weighted by Crippen LogP contribution is -2.59. The van der Waals surface area contributed by atoms with Crippen LogP contribution in [0.15, 0.2) is 36.5 Å². The molecule has 0 spiro atoms. The standard InChI is InChI=1S/C16H20N2O3/c1-19-7-8-20-16-13(17)10-15(16)21-12-5-4-11-3-2-6-18-14(11)9-12/h2-6,9,13,15-16H,7-8,10,17H2,1H3. The van der Waals surface area contributed by atoms with Gasteiger partial charge in [-0.05, 0) is 18.2 Å². The first-order valence-corrected chi connectivity index (χ1v) is 7.15. The third kappa shape index (κ3) is 3.15. The van der Waals surface area contributed by atoms with Crippen molar-refractivity contribution >= 4 is 10.9 Å². The van der Waals surface area contributed by atoms with E-state index in [0.29, 0.717) is 13.2 Å². The maximum atomic E-state index is 5.99. The van der Waals surface area contributed by atoms with Crippen LogP contribution in [0.3, 0.4) is 0 Å². The summed E-state index contributed by atoms with van der Waals surface area (Å²) >= 11 is 0. The molecule has 5 heteroatoms. The van der Waals surface area contributed by atoms with Crippen molar-refractivity contribution in [2.24, 2.45) is 5.73 Å². The molecular formula is C16H20N2O3. The van der Waals surface area contributed by atoms with Gasteiger partial charge in [-0.15, -0.1) is 0 Å². The fourth-order valence-electron chi connectivity index (χ4n) is 2.52. The van der Waals surface area contributed by atoms with Gasteiger partial charge in [0.1, 0.15) is 18.0 Å². The van der Waals surface area contributed by atoms with Gasteiger partial charge in [-0.3, -0.25) is 4.98 Å². The van der Waals surface area contributed by atoms with Crippen LogP contribution in [0.5, 0.6) is 5.75 Å². The molecule has 1 aliphatic rings. The predicted octanol–water partition coefficient (Wildman–Crippen LogP) is 1.74. The molecule has 1 aromatic carbocycles. The Bertz CT molecular complexity index is 605. The monoisotopic (exact) mass is 288 g/mol. The Morgan fingerprint density at radius 3 is 3.00 bits per heavy atom. The van der Waals surface area contributed by atoms with Crippen molar-refractivity contribution in [3.8, 4) is 5.75 Å². The van der Waals surface area contributed by atoms with Crippen molar-refractivity contribution in [1.82, 2.24) is 4.98 Å². The molecule has 1 saturated carbocycles. The van der Waals surface area contributed by atoms with Crippen LogP contribution in [0.2, 0.25) is 0 Å². The van der Waals surface area contributed by atoms with Crippen molar-refractivity contribution in [3.63, 3.8) is 0 Å². The molecule has 112 valence electrons. The summed E-state index contributed by atoms with van der Waals surface area (Å²) in [5.41, 5.74) is 6.91. The van der Waals surface area contributed by atoms with Crippen LogP contribution >= 0.6 is 0 Å². The summed E-state index contributed by atoms with van der Waals surface area (Å²) in [6.07, 6.45) is 2.51. The van der Waals surface area contributed by atoms with Gasteiger partial charge in [0.15, 0.2) is 0 Å². The van der Waals surface area contributed by atoms with E-state index in [1.807, 2.05) is 30.3 Å². The van der Waals surface area contributed by atoms with Gasteiger partial charge in [0.2, 0.25) is 0 Å². The maximum absolute atomic E-state index is 5.99. The lowest BCUT2D eigenvalue weighted by molar-refractivity contribution is -0.107. The first kappa shape index (κ1) is 14.3. The Balaban J connectivity index is 1.64. The fraction of sp³-hybridized carbons (Fsp3) is 0.438. The number of benzene rings is 1. The van der Waals surface area contributed by atoms with Crippen LogP contribution in [-0.4, -0.2) is 43.6 Å². The van der Waals surface area contributed by atoms with Crippen molar-refractivity contribution in [2.45, 2.75) is 24.7 Å². The SMILES string of the molecule is COCCOC1C(N)CC1Oc1ccc2cccnc2c1. The van der Waals surface area contributed by atoms with E-state index in [4.69, 9.17) is 19.9 Å². The van der Waals surface area contributed by atoms with E-state index < -0.39 is 0 Å². The number of rotatable bonds is 6. The molecule has 3 unspecified atom stereocenters. The number of methoxy groups -OCH3 is 1. The Morgan fingerprint density at radius 2 is 2.19 bits per heavy atom. The second-order valence-corrected chi connectivity index (χ2v) is 5.24. The van der Waals surface area contributed by atoms with Gasteiger partial charge in [0.05, 0.1) is 18.7 Å². The Hall–Kier alpha value is -1.69. The lowest BCUT2D eigenvalue weighted by Gasteiger charge is -2.41. The van der Waals surface area contributed by atoms with Crippen LogP contribution < -0.4 is 10.5 Å². The van der Waals surface area contributed by atoms with Crippen molar-refractivity contribution < 1.29 is 14.2 Å². The quantitative estimate of drug-likeness (QED) is 0.820. The molecule has 1 fully saturated rings. The maximum Gasteiger partial charge on any atom is 0.128 e. The fourth-order valence-corrected chi connectivity index (χ4v) is 2.52. The minimum atomic E-state index is -0.0698. The highest BCUT2D eigenvalue weighted by atomic mass is 16.6. The van der Waals surface area contributed by atoms with Crippen molar-refractivity contribution in [2.75, 3.05) is 20.3 Å². The number of nitrogens with zero attached hydrogens (tertiary/aromatic N) is 1. The normalized spacial score (nSPS) is 24.8. The molecule has 0 aliphatic heterocycles. The van der Waals surface area contributed by atoms with Gasteiger partial charge in [-0.25, -0.2) is 0 Å². The molecular weight excluding hydrogens is 268 g/mol. The first-order chi connectivity index (χ1) is 10.3. The summed E-state index contributed by atoms with van der Waals surface area (Å²) in [6, 6.07) is 9.91. The summed E-state index contributed by atoms with van der Waals surface area (Å²) in [5, 5.41) is 1.10. The summed E-state index contributed by atoms with van der Waals surface area (Å²) in [7, 11) is 1.65. The highest BCUT2D eigenvalue weighted by Crippen LogP contribution is 2.29. The van der Waals surface area contributed by atoms with Gasteiger partial charge in [0.25, 0.3) is 0 Å².